The second-order valence-electron chi connectivity index (χ2n) is 7.02. The maximum Gasteiger partial charge on any atom is 0.226 e. The van der Waals surface area contributed by atoms with Gasteiger partial charge in [0, 0.05) is 25.4 Å². The van der Waals surface area contributed by atoms with E-state index in [2.05, 4.69) is 10.2 Å². The number of rotatable bonds is 5. The number of methoxy groups -OCH3 is 3. The van der Waals surface area contributed by atoms with E-state index >= 15 is 0 Å². The number of anilines is 2. The standard InChI is InChI=1S/C20H25N3O4S/c1-25-14-9-12(10-15(26-2)17(14)27-3)13-11-16(24)21-19-18(13)28-20(22-19)23-7-5-4-6-8-23/h9-10,13H,4-8,11H2,1-3H3,(H,21,24)/t13-/m0/s1. The lowest BCUT2D eigenvalue weighted by Crippen LogP contribution is -2.29. The van der Waals surface area contributed by atoms with Gasteiger partial charge in [0.15, 0.2) is 16.6 Å². The van der Waals surface area contributed by atoms with E-state index in [1.54, 1.807) is 32.7 Å². The fraction of sp³-hybridized carbons (Fsp3) is 0.500. The van der Waals surface area contributed by atoms with E-state index in [9.17, 15) is 4.79 Å². The molecule has 0 radical (unpaired) electrons. The second-order valence-corrected chi connectivity index (χ2v) is 8.03. The van der Waals surface area contributed by atoms with E-state index in [1.165, 1.54) is 19.3 Å². The Kier molecular flexibility index (Phi) is 5.30. The van der Waals surface area contributed by atoms with Crippen molar-refractivity contribution in [2.75, 3.05) is 44.6 Å². The van der Waals surface area contributed by atoms with Crippen molar-refractivity contribution in [1.29, 1.82) is 0 Å². The van der Waals surface area contributed by atoms with Gasteiger partial charge in [0.2, 0.25) is 11.7 Å². The molecule has 2 aliphatic rings. The first-order valence-electron chi connectivity index (χ1n) is 9.50. The molecule has 1 fully saturated rings. The van der Waals surface area contributed by atoms with Crippen LogP contribution in [0.5, 0.6) is 17.2 Å². The molecule has 0 aliphatic carbocycles. The van der Waals surface area contributed by atoms with Gasteiger partial charge in [0.1, 0.15) is 5.82 Å². The van der Waals surface area contributed by atoms with Crippen molar-refractivity contribution in [3.8, 4) is 17.2 Å². The Morgan fingerprint density at radius 2 is 1.75 bits per heavy atom. The largest absolute Gasteiger partial charge is 0.493 e. The van der Waals surface area contributed by atoms with Crippen molar-refractivity contribution in [3.05, 3.63) is 22.6 Å². The number of aromatic nitrogens is 1. The van der Waals surface area contributed by atoms with E-state index in [0.717, 1.165) is 28.7 Å². The summed E-state index contributed by atoms with van der Waals surface area (Å²) in [6, 6.07) is 3.85. The topological polar surface area (TPSA) is 72.9 Å². The summed E-state index contributed by atoms with van der Waals surface area (Å²) in [5.41, 5.74) is 0.958. The third kappa shape index (κ3) is 3.37. The monoisotopic (exact) mass is 403 g/mol. The van der Waals surface area contributed by atoms with Crippen LogP contribution in [0, 0.1) is 0 Å². The molecule has 28 heavy (non-hydrogen) atoms. The van der Waals surface area contributed by atoms with Gasteiger partial charge in [-0.15, -0.1) is 0 Å². The van der Waals surface area contributed by atoms with Crippen molar-refractivity contribution < 1.29 is 19.0 Å². The highest BCUT2D eigenvalue weighted by molar-refractivity contribution is 7.16. The number of amides is 1. The van der Waals surface area contributed by atoms with Crippen LogP contribution in [0.2, 0.25) is 0 Å². The van der Waals surface area contributed by atoms with E-state index < -0.39 is 0 Å². The van der Waals surface area contributed by atoms with Gasteiger partial charge in [-0.25, -0.2) is 4.98 Å². The van der Waals surface area contributed by atoms with E-state index in [-0.39, 0.29) is 11.8 Å². The van der Waals surface area contributed by atoms with Crippen molar-refractivity contribution in [2.45, 2.75) is 31.6 Å². The highest BCUT2D eigenvalue weighted by Gasteiger charge is 2.33. The molecule has 1 aromatic carbocycles. The number of carbonyl (C=O) groups excluding carboxylic acids is 1. The third-order valence-electron chi connectivity index (χ3n) is 5.32. The number of benzene rings is 1. The van der Waals surface area contributed by atoms with Gasteiger partial charge in [-0.05, 0) is 37.0 Å². The molecule has 4 rings (SSSR count). The van der Waals surface area contributed by atoms with Gasteiger partial charge in [-0.2, -0.15) is 0 Å². The molecule has 1 amide bonds. The predicted molar refractivity (Wildman–Crippen MR) is 109 cm³/mol. The quantitative estimate of drug-likeness (QED) is 0.822. The smallest absolute Gasteiger partial charge is 0.226 e. The number of nitrogens with one attached hydrogen (secondary N) is 1. The van der Waals surface area contributed by atoms with Gasteiger partial charge in [0.05, 0.1) is 26.2 Å². The molecule has 0 bridgehead atoms. The van der Waals surface area contributed by atoms with Crippen LogP contribution in [0.15, 0.2) is 12.1 Å². The van der Waals surface area contributed by atoms with E-state index in [4.69, 9.17) is 19.2 Å². The molecule has 0 saturated carbocycles. The highest BCUT2D eigenvalue weighted by Crippen LogP contribution is 2.47. The number of thiazole rings is 1. The van der Waals surface area contributed by atoms with Crippen molar-refractivity contribution >= 4 is 28.2 Å². The third-order valence-corrected chi connectivity index (χ3v) is 6.55. The zero-order valence-corrected chi connectivity index (χ0v) is 17.2. The normalized spacial score (nSPS) is 19.0. The summed E-state index contributed by atoms with van der Waals surface area (Å²) in [6.07, 6.45) is 4.01. The number of carbonyl (C=O) groups is 1. The van der Waals surface area contributed by atoms with E-state index in [1.807, 2.05) is 12.1 Å². The van der Waals surface area contributed by atoms with Crippen molar-refractivity contribution in [3.63, 3.8) is 0 Å². The van der Waals surface area contributed by atoms with Gasteiger partial charge in [-0.3, -0.25) is 4.79 Å². The van der Waals surface area contributed by atoms with E-state index in [0.29, 0.717) is 29.5 Å². The van der Waals surface area contributed by atoms with Crippen molar-refractivity contribution in [1.82, 2.24) is 4.98 Å². The Hall–Kier alpha value is -2.48. The van der Waals surface area contributed by atoms with Crippen LogP contribution in [0.3, 0.4) is 0 Å². The average molecular weight is 404 g/mol. The first-order valence-corrected chi connectivity index (χ1v) is 10.3. The minimum absolute atomic E-state index is 0.0262. The summed E-state index contributed by atoms with van der Waals surface area (Å²) in [5.74, 6) is 2.29. The molecular formula is C20H25N3O4S. The number of piperidine rings is 1. The summed E-state index contributed by atoms with van der Waals surface area (Å²) in [6.45, 7) is 2.05. The molecule has 1 saturated heterocycles. The SMILES string of the molecule is COc1cc([C@@H]2CC(=O)Nc3nc(N4CCCCC4)sc32)cc(OC)c1OC. The predicted octanol–water partition coefficient (Wildman–Crippen LogP) is 3.63. The van der Waals surface area contributed by atoms with Crippen LogP contribution < -0.4 is 24.4 Å². The number of fused-ring (bicyclic) bond motifs is 1. The molecule has 1 N–H and O–H groups in total. The van der Waals surface area contributed by atoms with Crippen LogP contribution in [0.1, 0.15) is 42.0 Å². The lowest BCUT2D eigenvalue weighted by molar-refractivity contribution is -0.116. The lowest BCUT2D eigenvalue weighted by Gasteiger charge is -2.25. The Labute approximate surface area is 168 Å². The maximum absolute atomic E-state index is 12.4. The Morgan fingerprint density at radius 1 is 1.07 bits per heavy atom. The molecule has 2 aromatic rings. The molecule has 8 heteroatoms. The summed E-state index contributed by atoms with van der Waals surface area (Å²) in [5, 5.41) is 3.94. The van der Waals surface area contributed by atoms with Crippen molar-refractivity contribution in [2.24, 2.45) is 0 Å². The zero-order chi connectivity index (χ0) is 19.7. The Bertz CT molecular complexity index is 851. The number of hydrogen-bond acceptors (Lipinski definition) is 7. The fourth-order valence-corrected chi connectivity index (χ4v) is 5.10. The summed E-state index contributed by atoms with van der Waals surface area (Å²) in [4.78, 5) is 20.5. The van der Waals surface area contributed by atoms with Crippen LogP contribution in [0.25, 0.3) is 0 Å². The maximum atomic E-state index is 12.4. The molecule has 3 heterocycles. The first-order chi connectivity index (χ1) is 13.6. The summed E-state index contributed by atoms with van der Waals surface area (Å²) < 4.78 is 16.4. The average Bonchev–Trinajstić information content (AvgIpc) is 3.16. The molecule has 0 spiro atoms. The van der Waals surface area contributed by atoms with Crippen LogP contribution in [-0.2, 0) is 4.79 Å². The minimum Gasteiger partial charge on any atom is -0.493 e. The molecular weight excluding hydrogens is 378 g/mol. The first kappa shape index (κ1) is 18.9. The molecule has 150 valence electrons. The van der Waals surface area contributed by atoms with Gasteiger partial charge in [0.25, 0.3) is 0 Å². The van der Waals surface area contributed by atoms with Gasteiger partial charge >= 0.3 is 0 Å². The van der Waals surface area contributed by atoms with Crippen LogP contribution in [0.4, 0.5) is 10.9 Å². The summed E-state index contributed by atoms with van der Waals surface area (Å²) in [7, 11) is 4.78. The van der Waals surface area contributed by atoms with Crippen LogP contribution in [-0.4, -0.2) is 45.3 Å². The molecule has 7 nitrogen and oxygen atoms in total. The highest BCUT2D eigenvalue weighted by atomic mass is 32.1. The number of nitrogens with zero attached hydrogens (tertiary/aromatic N) is 2. The molecule has 0 unspecified atom stereocenters. The summed E-state index contributed by atoms with van der Waals surface area (Å²) >= 11 is 1.67. The Morgan fingerprint density at radius 3 is 2.36 bits per heavy atom. The number of hydrogen-bond donors (Lipinski definition) is 1. The zero-order valence-electron chi connectivity index (χ0n) is 16.4. The van der Waals surface area contributed by atoms with Gasteiger partial charge < -0.3 is 24.4 Å². The lowest BCUT2D eigenvalue weighted by atomic mass is 9.91. The fourth-order valence-electron chi connectivity index (χ4n) is 3.90. The van der Waals surface area contributed by atoms with Crippen LogP contribution >= 0.6 is 11.3 Å². The molecule has 2 aliphatic heterocycles. The minimum atomic E-state index is -0.0894. The second kappa shape index (κ2) is 7.87. The molecule has 1 aromatic heterocycles. The molecule has 1 atom stereocenters. The Balaban J connectivity index is 1.75. The number of ether oxygens (including phenoxy) is 3. The van der Waals surface area contributed by atoms with Gasteiger partial charge in [-0.1, -0.05) is 11.3 Å².